The van der Waals surface area contributed by atoms with Crippen LogP contribution in [0, 0.1) is 0 Å². The molecule has 9 heteroatoms. The Balaban J connectivity index is 1.31. The van der Waals surface area contributed by atoms with Crippen molar-refractivity contribution in [2.75, 3.05) is 32.8 Å². The summed E-state index contributed by atoms with van der Waals surface area (Å²) in [4.78, 5) is 27.3. The average Bonchev–Trinajstić information content (AvgIpc) is 3.23. The van der Waals surface area contributed by atoms with Crippen molar-refractivity contribution < 1.29 is 19.1 Å². The van der Waals surface area contributed by atoms with E-state index in [0.717, 1.165) is 34.9 Å². The van der Waals surface area contributed by atoms with Crippen LogP contribution in [-0.2, 0) is 9.59 Å². The highest BCUT2D eigenvalue weighted by Gasteiger charge is 2.19. The van der Waals surface area contributed by atoms with E-state index in [9.17, 15) is 9.59 Å². The molecule has 33 heavy (non-hydrogen) atoms. The smallest absolute Gasteiger partial charge is 0.244 e. The van der Waals surface area contributed by atoms with Crippen molar-refractivity contribution in [3.05, 3.63) is 52.0 Å². The fraction of sp³-hybridized carbons (Fsp3) is 0.333. The topological polar surface area (TPSA) is 67.9 Å². The number of amides is 2. The fourth-order valence-corrected chi connectivity index (χ4v) is 5.07. The van der Waals surface area contributed by atoms with E-state index in [-0.39, 0.29) is 11.8 Å². The van der Waals surface area contributed by atoms with E-state index in [0.29, 0.717) is 54.1 Å². The highest BCUT2D eigenvalue weighted by molar-refractivity contribution is 7.99. The maximum absolute atomic E-state index is 12.1. The highest BCUT2D eigenvalue weighted by atomic mass is 35.5. The molecule has 2 aliphatic rings. The zero-order valence-corrected chi connectivity index (χ0v) is 20.3. The number of nitrogens with one attached hydrogen (secondary N) is 1. The van der Waals surface area contributed by atoms with Crippen molar-refractivity contribution in [3.8, 4) is 11.5 Å². The lowest BCUT2D eigenvalue weighted by Gasteiger charge is -2.18. The van der Waals surface area contributed by atoms with E-state index in [4.69, 9.17) is 32.7 Å². The molecule has 0 aromatic heterocycles. The first-order chi connectivity index (χ1) is 16.0. The summed E-state index contributed by atoms with van der Waals surface area (Å²) in [5.41, 5.74) is 0.658. The molecule has 0 unspecified atom stereocenters. The van der Waals surface area contributed by atoms with Crippen LogP contribution in [0.15, 0.2) is 46.2 Å². The van der Waals surface area contributed by atoms with Crippen LogP contribution in [0.5, 0.6) is 11.5 Å². The lowest BCUT2D eigenvalue weighted by molar-refractivity contribution is -0.127. The van der Waals surface area contributed by atoms with Gasteiger partial charge in [0.1, 0.15) is 13.2 Å². The van der Waals surface area contributed by atoms with Crippen LogP contribution >= 0.6 is 35.0 Å². The second-order valence-corrected chi connectivity index (χ2v) is 9.52. The largest absolute Gasteiger partial charge is 0.486 e. The number of halogens is 2. The van der Waals surface area contributed by atoms with E-state index < -0.39 is 0 Å². The molecule has 1 fully saturated rings. The van der Waals surface area contributed by atoms with Crippen molar-refractivity contribution >= 4 is 52.9 Å². The van der Waals surface area contributed by atoms with Gasteiger partial charge in [0.15, 0.2) is 11.5 Å². The third kappa shape index (κ3) is 6.16. The summed E-state index contributed by atoms with van der Waals surface area (Å²) in [5.74, 6) is 1.43. The number of hydrogen-bond acceptors (Lipinski definition) is 5. The normalized spacial score (nSPS) is 15.3. The summed E-state index contributed by atoms with van der Waals surface area (Å²) in [7, 11) is 0. The first kappa shape index (κ1) is 23.8. The number of carbonyl (C=O) groups is 2. The molecule has 0 bridgehead atoms. The number of carbonyl (C=O) groups excluding carboxylic acids is 2. The van der Waals surface area contributed by atoms with Crippen molar-refractivity contribution in [1.29, 1.82) is 0 Å². The summed E-state index contributed by atoms with van der Waals surface area (Å²) in [6.07, 6.45) is 5.36. The number of likely N-dealkylation sites (tertiary alicyclic amines) is 1. The lowest BCUT2D eigenvalue weighted by Crippen LogP contribution is -2.29. The van der Waals surface area contributed by atoms with Crippen LogP contribution in [-0.4, -0.2) is 49.6 Å². The molecule has 4 rings (SSSR count). The summed E-state index contributed by atoms with van der Waals surface area (Å²) in [6.45, 7) is 3.07. The molecule has 2 amide bonds. The van der Waals surface area contributed by atoms with Crippen LogP contribution in [0.25, 0.3) is 6.08 Å². The fourth-order valence-electron chi connectivity index (χ4n) is 3.61. The Morgan fingerprint density at radius 3 is 2.73 bits per heavy atom. The minimum absolute atomic E-state index is 0.198. The Labute approximate surface area is 207 Å². The average molecular weight is 507 g/mol. The summed E-state index contributed by atoms with van der Waals surface area (Å²) in [5, 5.41) is 3.64. The van der Waals surface area contributed by atoms with Crippen molar-refractivity contribution in [3.63, 3.8) is 0 Å². The number of benzene rings is 2. The van der Waals surface area contributed by atoms with Gasteiger partial charge in [-0.2, -0.15) is 0 Å². The molecule has 0 spiro atoms. The van der Waals surface area contributed by atoms with Crippen molar-refractivity contribution in [2.24, 2.45) is 0 Å². The van der Waals surface area contributed by atoms with E-state index in [1.807, 2.05) is 35.2 Å². The number of ether oxygens (including phenoxy) is 2. The third-order valence-electron chi connectivity index (χ3n) is 5.31. The van der Waals surface area contributed by atoms with Gasteiger partial charge < -0.3 is 19.7 Å². The quantitative estimate of drug-likeness (QED) is 0.400. The minimum Gasteiger partial charge on any atom is -0.486 e. The SMILES string of the molecule is O=C(/C=C/c1ccc(Sc2ccc3c(c2)OCCO3)c(Cl)c1Cl)NCCCN1CCCC1=O. The summed E-state index contributed by atoms with van der Waals surface area (Å²) in [6, 6.07) is 9.45. The molecule has 174 valence electrons. The maximum atomic E-state index is 12.1. The molecule has 0 aliphatic carbocycles. The second kappa shape index (κ2) is 11.2. The Hall–Kier alpha value is -2.35. The molecule has 2 aromatic rings. The monoisotopic (exact) mass is 506 g/mol. The number of fused-ring (bicyclic) bond motifs is 1. The standard InChI is InChI=1S/C24H24Cl2N2O4S/c25-23-16(5-9-21(29)27-10-2-12-28-11-1-3-22(28)30)4-8-20(24(23)26)33-17-6-7-18-19(15-17)32-14-13-31-18/h4-9,15H,1-3,10-14H2,(H,27,29)/b9-5+. The lowest BCUT2D eigenvalue weighted by atomic mass is 10.2. The van der Waals surface area contributed by atoms with Gasteiger partial charge in [-0.1, -0.05) is 41.0 Å². The van der Waals surface area contributed by atoms with Gasteiger partial charge in [0, 0.05) is 41.9 Å². The van der Waals surface area contributed by atoms with Crippen LogP contribution in [0.4, 0.5) is 0 Å². The number of nitrogens with zero attached hydrogens (tertiary/aromatic N) is 1. The van der Waals surface area contributed by atoms with Gasteiger partial charge in [0.2, 0.25) is 11.8 Å². The van der Waals surface area contributed by atoms with Crippen molar-refractivity contribution in [2.45, 2.75) is 29.1 Å². The van der Waals surface area contributed by atoms with Gasteiger partial charge in [0.05, 0.1) is 10.0 Å². The predicted molar refractivity (Wildman–Crippen MR) is 130 cm³/mol. The van der Waals surface area contributed by atoms with Gasteiger partial charge in [0.25, 0.3) is 0 Å². The van der Waals surface area contributed by atoms with Crippen LogP contribution in [0.1, 0.15) is 24.8 Å². The molecular formula is C24H24Cl2N2O4S. The molecule has 0 atom stereocenters. The van der Waals surface area contributed by atoms with Gasteiger partial charge in [-0.15, -0.1) is 0 Å². The van der Waals surface area contributed by atoms with E-state index >= 15 is 0 Å². The van der Waals surface area contributed by atoms with Crippen LogP contribution in [0.3, 0.4) is 0 Å². The predicted octanol–water partition coefficient (Wildman–Crippen LogP) is 5.06. The number of hydrogen-bond donors (Lipinski definition) is 1. The second-order valence-electron chi connectivity index (χ2n) is 7.65. The van der Waals surface area contributed by atoms with E-state index in [1.54, 1.807) is 6.08 Å². The summed E-state index contributed by atoms with van der Waals surface area (Å²) >= 11 is 14.4. The molecule has 2 heterocycles. The Kier molecular flexibility index (Phi) is 8.06. The zero-order chi connectivity index (χ0) is 23.2. The van der Waals surface area contributed by atoms with Gasteiger partial charge in [-0.3, -0.25) is 9.59 Å². The molecule has 0 saturated carbocycles. The number of rotatable bonds is 8. The maximum Gasteiger partial charge on any atom is 0.244 e. The molecule has 1 saturated heterocycles. The molecule has 2 aliphatic heterocycles. The van der Waals surface area contributed by atoms with Crippen LogP contribution < -0.4 is 14.8 Å². The Morgan fingerprint density at radius 2 is 1.94 bits per heavy atom. The minimum atomic E-state index is -0.218. The molecule has 1 N–H and O–H groups in total. The molecule has 0 radical (unpaired) electrons. The zero-order valence-electron chi connectivity index (χ0n) is 17.9. The Bertz CT molecular complexity index is 1080. The first-order valence-corrected chi connectivity index (χ1v) is 12.4. The summed E-state index contributed by atoms with van der Waals surface area (Å²) < 4.78 is 11.2. The van der Waals surface area contributed by atoms with Gasteiger partial charge >= 0.3 is 0 Å². The van der Waals surface area contributed by atoms with Gasteiger partial charge in [-0.05, 0) is 48.7 Å². The third-order valence-corrected chi connectivity index (χ3v) is 7.37. The van der Waals surface area contributed by atoms with Crippen molar-refractivity contribution in [1.82, 2.24) is 10.2 Å². The molecule has 2 aromatic carbocycles. The molecular weight excluding hydrogens is 483 g/mol. The van der Waals surface area contributed by atoms with E-state index in [2.05, 4.69) is 5.32 Å². The van der Waals surface area contributed by atoms with Crippen LogP contribution in [0.2, 0.25) is 10.0 Å². The highest BCUT2D eigenvalue weighted by Crippen LogP contribution is 2.42. The molecule has 6 nitrogen and oxygen atoms in total. The van der Waals surface area contributed by atoms with E-state index in [1.165, 1.54) is 17.8 Å². The Morgan fingerprint density at radius 1 is 1.12 bits per heavy atom. The van der Waals surface area contributed by atoms with Gasteiger partial charge in [-0.25, -0.2) is 0 Å². The first-order valence-electron chi connectivity index (χ1n) is 10.8.